The van der Waals surface area contributed by atoms with Gasteiger partial charge in [-0.3, -0.25) is 4.79 Å². The predicted octanol–water partition coefficient (Wildman–Crippen LogP) is 4.84. The number of hydrogen-bond donors (Lipinski definition) is 2. The quantitative estimate of drug-likeness (QED) is 0.643. The number of halogens is 5. The molecular weight excluding hydrogens is 430 g/mol. The predicted molar refractivity (Wildman–Crippen MR) is 102 cm³/mol. The SMILES string of the molecule is O=C(NC(c1cccc(Cl)n1)[C@]1(O)CC[C@@H](F)CC1)c1nccc(C(F)F)c1Cl. The lowest BCUT2D eigenvalue weighted by atomic mass is 9.77. The van der Waals surface area contributed by atoms with E-state index in [0.717, 1.165) is 12.3 Å². The number of carbonyl (C=O) groups excluding carboxylic acids is 1. The molecule has 2 aromatic rings. The lowest BCUT2D eigenvalue weighted by molar-refractivity contribution is -0.0456. The first-order valence-electron chi connectivity index (χ1n) is 8.93. The van der Waals surface area contributed by atoms with Crippen LogP contribution in [-0.4, -0.2) is 32.8 Å². The molecule has 1 unspecified atom stereocenters. The molecule has 0 aliphatic heterocycles. The summed E-state index contributed by atoms with van der Waals surface area (Å²) >= 11 is 11.9. The minimum absolute atomic E-state index is 0.0749. The molecule has 10 heteroatoms. The monoisotopic (exact) mass is 447 g/mol. The van der Waals surface area contributed by atoms with Gasteiger partial charge < -0.3 is 10.4 Å². The van der Waals surface area contributed by atoms with Crippen LogP contribution in [0.4, 0.5) is 13.2 Å². The molecule has 0 bridgehead atoms. The van der Waals surface area contributed by atoms with Crippen LogP contribution in [0, 0.1) is 0 Å². The van der Waals surface area contributed by atoms with Crippen molar-refractivity contribution < 1.29 is 23.1 Å². The molecule has 2 aromatic heterocycles. The summed E-state index contributed by atoms with van der Waals surface area (Å²) < 4.78 is 39.8. The van der Waals surface area contributed by atoms with Crippen LogP contribution < -0.4 is 5.32 Å². The number of carbonyl (C=O) groups is 1. The van der Waals surface area contributed by atoms with E-state index in [-0.39, 0.29) is 36.5 Å². The van der Waals surface area contributed by atoms with Crippen molar-refractivity contribution in [1.29, 1.82) is 0 Å². The largest absolute Gasteiger partial charge is 0.387 e. The highest BCUT2D eigenvalue weighted by molar-refractivity contribution is 6.34. The minimum Gasteiger partial charge on any atom is -0.387 e. The van der Waals surface area contributed by atoms with Crippen LogP contribution >= 0.6 is 23.2 Å². The van der Waals surface area contributed by atoms with E-state index in [1.165, 1.54) is 6.07 Å². The molecule has 0 saturated heterocycles. The molecule has 1 saturated carbocycles. The first-order valence-corrected chi connectivity index (χ1v) is 9.69. The van der Waals surface area contributed by atoms with E-state index >= 15 is 0 Å². The molecule has 2 N–H and O–H groups in total. The minimum atomic E-state index is -2.88. The lowest BCUT2D eigenvalue weighted by Crippen LogP contribution is -2.49. The lowest BCUT2D eigenvalue weighted by Gasteiger charge is -2.40. The van der Waals surface area contributed by atoms with E-state index in [0.29, 0.717) is 0 Å². The summed E-state index contributed by atoms with van der Waals surface area (Å²) in [6.45, 7) is 0. The van der Waals surface area contributed by atoms with Crippen LogP contribution in [0.15, 0.2) is 30.5 Å². The van der Waals surface area contributed by atoms with E-state index in [2.05, 4.69) is 15.3 Å². The third kappa shape index (κ3) is 4.82. The molecule has 156 valence electrons. The van der Waals surface area contributed by atoms with Gasteiger partial charge in [0.05, 0.1) is 16.3 Å². The van der Waals surface area contributed by atoms with E-state index < -0.39 is 46.4 Å². The van der Waals surface area contributed by atoms with Gasteiger partial charge in [-0.05, 0) is 43.9 Å². The van der Waals surface area contributed by atoms with Crippen molar-refractivity contribution in [2.45, 2.75) is 49.9 Å². The van der Waals surface area contributed by atoms with Gasteiger partial charge in [0.15, 0.2) is 0 Å². The van der Waals surface area contributed by atoms with Gasteiger partial charge in [-0.1, -0.05) is 29.3 Å². The second-order valence-electron chi connectivity index (χ2n) is 6.93. The first-order chi connectivity index (χ1) is 13.7. The Balaban J connectivity index is 1.95. The Kier molecular flexibility index (Phi) is 6.65. The normalized spacial score (nSPS) is 23.1. The summed E-state index contributed by atoms with van der Waals surface area (Å²) in [5, 5.41) is 13.4. The fraction of sp³-hybridized carbons (Fsp3) is 0.421. The number of aromatic nitrogens is 2. The van der Waals surface area contributed by atoms with E-state index in [1.807, 2.05) is 0 Å². The van der Waals surface area contributed by atoms with Crippen molar-refractivity contribution in [1.82, 2.24) is 15.3 Å². The molecular formula is C19H18Cl2F3N3O2. The molecule has 0 aromatic carbocycles. The van der Waals surface area contributed by atoms with Crippen molar-refractivity contribution in [2.75, 3.05) is 0 Å². The van der Waals surface area contributed by atoms with Crippen LogP contribution in [0.2, 0.25) is 10.2 Å². The zero-order chi connectivity index (χ0) is 21.2. The maximum absolute atomic E-state index is 13.6. The zero-order valence-electron chi connectivity index (χ0n) is 15.1. The van der Waals surface area contributed by atoms with E-state index in [4.69, 9.17) is 23.2 Å². The van der Waals surface area contributed by atoms with Crippen molar-refractivity contribution in [2.24, 2.45) is 0 Å². The van der Waals surface area contributed by atoms with Gasteiger partial charge in [-0.25, -0.2) is 23.1 Å². The Hall–Kier alpha value is -1.90. The number of alkyl halides is 3. The standard InChI is InChI=1S/C19H18Cl2F3N3O2/c20-13-3-1-2-12(26-13)16(19(29)7-4-10(22)5-8-19)27-18(28)15-14(21)11(17(23)24)6-9-25-15/h1-3,6,9-10,16-17,29H,4-5,7-8H2,(H,27,28)/t10-,16?,19+. The van der Waals surface area contributed by atoms with Gasteiger partial charge in [0, 0.05) is 11.8 Å². The number of hydrogen-bond acceptors (Lipinski definition) is 4. The fourth-order valence-corrected chi connectivity index (χ4v) is 3.87. The van der Waals surface area contributed by atoms with Crippen LogP contribution in [0.3, 0.4) is 0 Å². The second kappa shape index (κ2) is 8.85. The van der Waals surface area contributed by atoms with Gasteiger partial charge >= 0.3 is 0 Å². The molecule has 0 spiro atoms. The zero-order valence-corrected chi connectivity index (χ0v) is 16.6. The van der Waals surface area contributed by atoms with Gasteiger partial charge in [0.2, 0.25) is 0 Å². The fourth-order valence-electron chi connectivity index (χ4n) is 3.42. The van der Waals surface area contributed by atoms with Gasteiger partial charge in [-0.15, -0.1) is 0 Å². The number of aliphatic hydroxyl groups is 1. The van der Waals surface area contributed by atoms with Gasteiger partial charge in [0.1, 0.15) is 23.1 Å². The summed E-state index contributed by atoms with van der Waals surface area (Å²) in [5.74, 6) is -0.861. The van der Waals surface area contributed by atoms with E-state index in [9.17, 15) is 23.1 Å². The van der Waals surface area contributed by atoms with Gasteiger partial charge in [0.25, 0.3) is 12.3 Å². The summed E-state index contributed by atoms with van der Waals surface area (Å²) in [7, 11) is 0. The molecule has 0 radical (unpaired) electrons. The summed E-state index contributed by atoms with van der Waals surface area (Å²) in [6, 6.07) is 4.64. The molecule has 1 aliphatic carbocycles. The topological polar surface area (TPSA) is 75.1 Å². The Morgan fingerprint density at radius 2 is 1.93 bits per heavy atom. The smallest absolute Gasteiger partial charge is 0.272 e. The molecule has 3 rings (SSSR count). The highest BCUT2D eigenvalue weighted by atomic mass is 35.5. The summed E-state index contributed by atoms with van der Waals surface area (Å²) in [4.78, 5) is 20.8. The van der Waals surface area contributed by atoms with Crippen LogP contribution in [0.25, 0.3) is 0 Å². The average molecular weight is 448 g/mol. The number of nitrogens with one attached hydrogen (secondary N) is 1. The maximum atomic E-state index is 13.6. The summed E-state index contributed by atoms with van der Waals surface area (Å²) in [6.07, 6.45) is -2.49. The van der Waals surface area contributed by atoms with Crippen LogP contribution in [-0.2, 0) is 0 Å². The Morgan fingerprint density at radius 1 is 1.24 bits per heavy atom. The third-order valence-electron chi connectivity index (χ3n) is 5.00. The highest BCUT2D eigenvalue weighted by Gasteiger charge is 2.43. The van der Waals surface area contributed by atoms with Crippen molar-refractivity contribution in [3.63, 3.8) is 0 Å². The number of nitrogens with zero attached hydrogens (tertiary/aromatic N) is 2. The Morgan fingerprint density at radius 3 is 2.55 bits per heavy atom. The molecule has 29 heavy (non-hydrogen) atoms. The molecule has 1 aliphatic rings. The third-order valence-corrected chi connectivity index (χ3v) is 5.60. The number of rotatable bonds is 5. The molecule has 2 heterocycles. The molecule has 5 nitrogen and oxygen atoms in total. The molecule has 1 fully saturated rings. The summed E-state index contributed by atoms with van der Waals surface area (Å²) in [5.41, 5.74) is -2.17. The average Bonchev–Trinajstić information content (AvgIpc) is 2.68. The highest BCUT2D eigenvalue weighted by Crippen LogP contribution is 2.39. The number of amides is 1. The maximum Gasteiger partial charge on any atom is 0.272 e. The Labute approximate surface area is 175 Å². The Bertz CT molecular complexity index is 893. The van der Waals surface area contributed by atoms with Crippen molar-refractivity contribution >= 4 is 29.1 Å². The first kappa shape index (κ1) is 21.8. The van der Waals surface area contributed by atoms with Crippen molar-refractivity contribution in [3.05, 3.63) is 57.6 Å². The second-order valence-corrected chi connectivity index (χ2v) is 7.70. The van der Waals surface area contributed by atoms with Crippen LogP contribution in [0.1, 0.15) is 59.9 Å². The van der Waals surface area contributed by atoms with Crippen LogP contribution in [0.5, 0.6) is 0 Å². The molecule has 1 atom stereocenters. The number of pyridine rings is 2. The van der Waals surface area contributed by atoms with Gasteiger partial charge in [-0.2, -0.15) is 0 Å². The van der Waals surface area contributed by atoms with Crippen molar-refractivity contribution in [3.8, 4) is 0 Å². The molecule has 1 amide bonds. The van der Waals surface area contributed by atoms with E-state index in [1.54, 1.807) is 12.1 Å².